The topological polar surface area (TPSA) is 69.7 Å². The highest BCUT2D eigenvalue weighted by Crippen LogP contribution is 2.25. The van der Waals surface area contributed by atoms with Gasteiger partial charge < -0.3 is 15.2 Å². The van der Waals surface area contributed by atoms with Crippen molar-refractivity contribution in [1.82, 2.24) is 19.9 Å². The van der Waals surface area contributed by atoms with Gasteiger partial charge in [0.25, 0.3) is 0 Å². The zero-order chi connectivity index (χ0) is 14.7. The van der Waals surface area contributed by atoms with Crippen LogP contribution in [-0.2, 0) is 0 Å². The lowest BCUT2D eigenvalue weighted by molar-refractivity contribution is 0.567. The van der Waals surface area contributed by atoms with E-state index >= 15 is 0 Å². The van der Waals surface area contributed by atoms with Gasteiger partial charge in [-0.3, -0.25) is 0 Å². The monoisotopic (exact) mass is 276 g/mol. The molecule has 0 amide bonds. The van der Waals surface area contributed by atoms with Gasteiger partial charge in [0, 0.05) is 19.1 Å². The molecule has 6 nitrogen and oxygen atoms in total. The van der Waals surface area contributed by atoms with Crippen LogP contribution in [0.1, 0.15) is 34.6 Å². The van der Waals surface area contributed by atoms with Crippen LogP contribution in [0, 0.1) is 5.92 Å². The third-order valence-electron chi connectivity index (χ3n) is 3.06. The van der Waals surface area contributed by atoms with Crippen LogP contribution in [0.15, 0.2) is 6.33 Å². The molecule has 0 aliphatic carbocycles. The van der Waals surface area contributed by atoms with Gasteiger partial charge in [-0.05, 0) is 26.7 Å². The highest BCUT2D eigenvalue weighted by Gasteiger charge is 2.19. The van der Waals surface area contributed by atoms with Gasteiger partial charge in [0.15, 0.2) is 11.5 Å². The van der Waals surface area contributed by atoms with Crippen molar-refractivity contribution in [3.8, 4) is 0 Å². The molecule has 2 N–H and O–H groups in total. The summed E-state index contributed by atoms with van der Waals surface area (Å²) in [6, 6.07) is 0.369. The van der Waals surface area contributed by atoms with Crippen molar-refractivity contribution in [3.05, 3.63) is 6.33 Å². The minimum Gasteiger partial charge on any atom is -0.354 e. The first kappa shape index (κ1) is 14.6. The molecule has 2 heterocycles. The van der Waals surface area contributed by atoms with Crippen molar-refractivity contribution in [2.24, 2.45) is 5.92 Å². The lowest BCUT2D eigenvalue weighted by Crippen LogP contribution is -2.35. The number of nitrogens with zero attached hydrogens (tertiary/aromatic N) is 4. The highest BCUT2D eigenvalue weighted by molar-refractivity contribution is 5.84. The first-order valence-corrected chi connectivity index (χ1v) is 7.24. The SMILES string of the molecule is CCNc1nc(N(CC(C)C)C(C)C)c2[nH]cnc2n1. The van der Waals surface area contributed by atoms with Crippen LogP contribution in [0.5, 0.6) is 0 Å². The molecule has 6 heteroatoms. The molecule has 0 aliphatic heterocycles. The number of H-pyrrole nitrogens is 1. The molecule has 0 radical (unpaired) electrons. The quantitative estimate of drug-likeness (QED) is 0.849. The van der Waals surface area contributed by atoms with E-state index in [1.165, 1.54) is 0 Å². The Hall–Kier alpha value is -1.85. The maximum atomic E-state index is 4.67. The zero-order valence-electron chi connectivity index (χ0n) is 12.9. The molecule has 110 valence electrons. The lowest BCUT2D eigenvalue weighted by atomic mass is 10.2. The second-order valence-corrected chi connectivity index (χ2v) is 5.64. The average molecular weight is 276 g/mol. The third kappa shape index (κ3) is 3.00. The fourth-order valence-corrected chi connectivity index (χ4v) is 2.20. The van der Waals surface area contributed by atoms with Crippen molar-refractivity contribution in [2.45, 2.75) is 40.7 Å². The van der Waals surface area contributed by atoms with Gasteiger partial charge in [-0.2, -0.15) is 9.97 Å². The minimum atomic E-state index is 0.369. The Morgan fingerprint density at radius 3 is 2.60 bits per heavy atom. The van der Waals surface area contributed by atoms with Gasteiger partial charge in [0.2, 0.25) is 5.95 Å². The normalized spacial score (nSPS) is 11.6. The van der Waals surface area contributed by atoms with Crippen LogP contribution in [-0.4, -0.2) is 39.1 Å². The van der Waals surface area contributed by atoms with Crippen molar-refractivity contribution in [1.29, 1.82) is 0 Å². The summed E-state index contributed by atoms with van der Waals surface area (Å²) in [7, 11) is 0. The number of rotatable bonds is 6. The maximum absolute atomic E-state index is 4.67. The van der Waals surface area contributed by atoms with Gasteiger partial charge in [-0.25, -0.2) is 4.98 Å². The van der Waals surface area contributed by atoms with E-state index in [4.69, 9.17) is 0 Å². The molecule has 0 aliphatic rings. The minimum absolute atomic E-state index is 0.369. The molecular weight excluding hydrogens is 252 g/mol. The standard InChI is InChI=1S/C14H24N6/c1-6-15-14-18-12-11(16-8-17-12)13(19-14)20(10(4)5)7-9(2)3/h8-10H,6-7H2,1-5H3,(H2,15,16,17,18,19). The molecule has 0 fully saturated rings. The van der Waals surface area contributed by atoms with Crippen LogP contribution in [0.25, 0.3) is 11.2 Å². The summed E-state index contributed by atoms with van der Waals surface area (Å²) in [4.78, 5) is 18.8. The molecule has 0 aromatic carbocycles. The van der Waals surface area contributed by atoms with Gasteiger partial charge in [0.05, 0.1) is 6.33 Å². The molecule has 0 unspecified atom stereocenters. The number of imidazole rings is 1. The Balaban J connectivity index is 2.50. The number of hydrogen-bond acceptors (Lipinski definition) is 5. The first-order chi connectivity index (χ1) is 9.52. The number of aromatic nitrogens is 4. The van der Waals surface area contributed by atoms with Crippen LogP contribution in [0.4, 0.5) is 11.8 Å². The molecule has 0 saturated heterocycles. The van der Waals surface area contributed by atoms with Crippen molar-refractivity contribution >= 4 is 22.9 Å². The van der Waals surface area contributed by atoms with Crippen molar-refractivity contribution in [3.63, 3.8) is 0 Å². The summed E-state index contributed by atoms with van der Waals surface area (Å²) in [5.41, 5.74) is 1.61. The summed E-state index contributed by atoms with van der Waals surface area (Å²) in [6.45, 7) is 12.6. The van der Waals surface area contributed by atoms with Crippen molar-refractivity contribution in [2.75, 3.05) is 23.3 Å². The number of nitrogens with one attached hydrogen (secondary N) is 2. The largest absolute Gasteiger partial charge is 0.354 e. The molecule has 2 aromatic heterocycles. The second kappa shape index (κ2) is 6.07. The average Bonchev–Trinajstić information content (AvgIpc) is 2.83. The van der Waals surface area contributed by atoms with E-state index in [9.17, 15) is 0 Å². The fourth-order valence-electron chi connectivity index (χ4n) is 2.20. The van der Waals surface area contributed by atoms with Gasteiger partial charge in [-0.1, -0.05) is 13.8 Å². The summed E-state index contributed by atoms with van der Waals surface area (Å²) in [5.74, 6) is 2.12. The molecule has 0 saturated carbocycles. The third-order valence-corrected chi connectivity index (χ3v) is 3.06. The van der Waals surface area contributed by atoms with Gasteiger partial charge in [-0.15, -0.1) is 0 Å². The Morgan fingerprint density at radius 1 is 1.25 bits per heavy atom. The van der Waals surface area contributed by atoms with E-state index < -0.39 is 0 Å². The smallest absolute Gasteiger partial charge is 0.226 e. The van der Waals surface area contributed by atoms with Crippen LogP contribution in [0.3, 0.4) is 0 Å². The molecule has 0 atom stereocenters. The summed E-state index contributed by atoms with van der Waals surface area (Å²) < 4.78 is 0. The number of anilines is 2. The number of hydrogen-bond donors (Lipinski definition) is 2. The van der Waals surface area contributed by atoms with E-state index in [-0.39, 0.29) is 0 Å². The molecule has 2 aromatic rings. The number of aromatic amines is 1. The predicted octanol–water partition coefficient (Wildman–Crippen LogP) is 2.66. The van der Waals surface area contributed by atoms with E-state index in [1.807, 2.05) is 6.92 Å². The van der Waals surface area contributed by atoms with Crippen LogP contribution >= 0.6 is 0 Å². The van der Waals surface area contributed by atoms with E-state index in [0.717, 1.165) is 24.4 Å². The Kier molecular flexibility index (Phi) is 4.42. The van der Waals surface area contributed by atoms with E-state index in [2.05, 4.69) is 57.8 Å². The molecule has 0 bridgehead atoms. The van der Waals surface area contributed by atoms with Gasteiger partial charge >= 0.3 is 0 Å². The Bertz CT molecular complexity index is 560. The number of fused-ring (bicyclic) bond motifs is 1. The van der Waals surface area contributed by atoms with E-state index in [0.29, 0.717) is 23.6 Å². The first-order valence-electron chi connectivity index (χ1n) is 7.24. The molecular formula is C14H24N6. The van der Waals surface area contributed by atoms with Gasteiger partial charge in [0.1, 0.15) is 5.52 Å². The van der Waals surface area contributed by atoms with Crippen LogP contribution in [0.2, 0.25) is 0 Å². The highest BCUT2D eigenvalue weighted by atomic mass is 15.3. The predicted molar refractivity (Wildman–Crippen MR) is 83.2 cm³/mol. The Morgan fingerprint density at radius 2 is 2.00 bits per heavy atom. The Labute approximate surface area is 120 Å². The summed E-state index contributed by atoms with van der Waals surface area (Å²) >= 11 is 0. The second-order valence-electron chi connectivity index (χ2n) is 5.64. The molecule has 0 spiro atoms. The van der Waals surface area contributed by atoms with Crippen molar-refractivity contribution < 1.29 is 0 Å². The lowest BCUT2D eigenvalue weighted by Gasteiger charge is -2.30. The maximum Gasteiger partial charge on any atom is 0.226 e. The molecule has 2 rings (SSSR count). The van der Waals surface area contributed by atoms with E-state index in [1.54, 1.807) is 6.33 Å². The fraction of sp³-hybridized carbons (Fsp3) is 0.643. The summed E-state index contributed by atoms with van der Waals surface area (Å²) in [6.07, 6.45) is 1.67. The molecule has 20 heavy (non-hydrogen) atoms. The zero-order valence-corrected chi connectivity index (χ0v) is 12.9. The van der Waals surface area contributed by atoms with Crippen LogP contribution < -0.4 is 10.2 Å². The summed E-state index contributed by atoms with van der Waals surface area (Å²) in [5, 5.41) is 3.17.